The quantitative estimate of drug-likeness (QED) is 0.439. The second-order valence-corrected chi connectivity index (χ2v) is 16.9. The van der Waals surface area contributed by atoms with Gasteiger partial charge in [-0.3, -0.25) is 9.89 Å². The first kappa shape index (κ1) is 25.4. The molecule has 0 spiro atoms. The van der Waals surface area contributed by atoms with Crippen molar-refractivity contribution in [2.75, 3.05) is 19.0 Å². The number of carbonyl (C=O) groups is 2. The lowest BCUT2D eigenvalue weighted by Gasteiger charge is -2.48. The van der Waals surface area contributed by atoms with Crippen LogP contribution >= 0.6 is 0 Å². The fraction of sp³-hybridized carbons (Fsp3) is 0.577. The highest BCUT2D eigenvalue weighted by Gasteiger charge is 2.54. The Morgan fingerprint density at radius 3 is 2.46 bits per heavy atom. The fourth-order valence-electron chi connectivity index (χ4n) is 5.49. The molecule has 1 atom stereocenters. The molecule has 1 saturated carbocycles. The summed E-state index contributed by atoms with van der Waals surface area (Å²) < 4.78 is 5.28. The van der Waals surface area contributed by atoms with Gasteiger partial charge in [-0.2, -0.15) is 5.10 Å². The average molecular weight is 498 g/mol. The van der Waals surface area contributed by atoms with Crippen molar-refractivity contribution in [2.24, 2.45) is 0 Å². The van der Waals surface area contributed by atoms with Gasteiger partial charge in [0.15, 0.2) is 5.82 Å². The van der Waals surface area contributed by atoms with Crippen LogP contribution in [0.5, 0.6) is 0 Å². The normalized spacial score (nSPS) is 19.0. The van der Waals surface area contributed by atoms with E-state index in [1.165, 1.54) is 0 Å². The van der Waals surface area contributed by atoms with E-state index in [0.29, 0.717) is 25.4 Å². The van der Waals surface area contributed by atoms with Gasteiger partial charge < -0.3 is 20.3 Å². The van der Waals surface area contributed by atoms with E-state index in [2.05, 4.69) is 40.5 Å². The lowest BCUT2D eigenvalue weighted by atomic mass is 9.83. The van der Waals surface area contributed by atoms with E-state index in [9.17, 15) is 9.59 Å². The molecule has 8 nitrogen and oxygen atoms in total. The van der Waals surface area contributed by atoms with Crippen LogP contribution in [0.1, 0.15) is 62.4 Å². The fourth-order valence-corrected chi connectivity index (χ4v) is 8.09. The van der Waals surface area contributed by atoms with E-state index in [1.807, 2.05) is 49.1 Å². The van der Waals surface area contributed by atoms with Crippen molar-refractivity contribution in [1.29, 1.82) is 0 Å². The topological polar surface area (TPSA) is 99.3 Å². The summed E-state index contributed by atoms with van der Waals surface area (Å²) in [4.78, 5) is 28.7. The molecule has 0 bridgehead atoms. The van der Waals surface area contributed by atoms with Gasteiger partial charge in [0, 0.05) is 24.3 Å². The predicted molar refractivity (Wildman–Crippen MR) is 140 cm³/mol. The molecule has 0 radical (unpaired) electrons. The largest absolute Gasteiger partial charge is 0.385 e. The number of hydrogen-bond acceptors (Lipinski definition) is 4. The van der Waals surface area contributed by atoms with Gasteiger partial charge in [0.25, 0.3) is 0 Å². The molecule has 9 heteroatoms. The minimum Gasteiger partial charge on any atom is -0.385 e. The van der Waals surface area contributed by atoms with Gasteiger partial charge in [-0.15, -0.1) is 0 Å². The number of amides is 3. The zero-order valence-corrected chi connectivity index (χ0v) is 22.8. The standard InChI is InChI=1S/C26H39N5O3Si/c1-25(2)21-19(22(30-29-21)28-23(32)26(14-10-15-26)35(4,5)6)17-31(25)24(33)27-20(13-16-34-3)18-11-8-7-9-12-18/h7-9,11-12,20H,10,13-17H2,1-6H3,(H,27,33)(H2,28,29,30,32). The minimum absolute atomic E-state index is 0.0848. The van der Waals surface area contributed by atoms with Crippen LogP contribution in [0.4, 0.5) is 10.6 Å². The Kier molecular flexibility index (Phi) is 6.85. The summed E-state index contributed by atoms with van der Waals surface area (Å²) in [6.45, 7) is 11.7. The number of nitrogens with zero attached hydrogens (tertiary/aromatic N) is 2. The molecule has 35 heavy (non-hydrogen) atoms. The Hall–Kier alpha value is -2.65. The first-order chi connectivity index (χ1) is 16.5. The molecule has 1 aromatic heterocycles. The summed E-state index contributed by atoms with van der Waals surface area (Å²) in [6.07, 6.45) is 3.67. The first-order valence-corrected chi connectivity index (χ1v) is 16.0. The van der Waals surface area contributed by atoms with Crippen LogP contribution in [0.3, 0.4) is 0 Å². The third kappa shape index (κ3) is 4.51. The Balaban J connectivity index is 1.52. The van der Waals surface area contributed by atoms with E-state index in [4.69, 9.17) is 4.74 Å². The predicted octanol–water partition coefficient (Wildman–Crippen LogP) is 5.15. The van der Waals surface area contributed by atoms with Crippen molar-refractivity contribution in [3.05, 3.63) is 47.2 Å². The number of aromatic amines is 1. The molecule has 3 N–H and O–H groups in total. The van der Waals surface area contributed by atoms with E-state index in [0.717, 1.165) is 36.1 Å². The highest BCUT2D eigenvalue weighted by Crippen LogP contribution is 2.56. The van der Waals surface area contributed by atoms with Gasteiger partial charge in [0.05, 0.1) is 31.9 Å². The lowest BCUT2D eigenvalue weighted by molar-refractivity contribution is -0.121. The maximum absolute atomic E-state index is 13.5. The summed E-state index contributed by atoms with van der Waals surface area (Å²) in [5.41, 5.74) is 2.20. The molecule has 2 heterocycles. The molecule has 2 aromatic rings. The van der Waals surface area contributed by atoms with E-state index < -0.39 is 13.6 Å². The van der Waals surface area contributed by atoms with Crippen LogP contribution < -0.4 is 10.6 Å². The van der Waals surface area contributed by atoms with Gasteiger partial charge in [-0.1, -0.05) is 56.4 Å². The van der Waals surface area contributed by atoms with Crippen LogP contribution in [0, 0.1) is 0 Å². The molecule has 1 aliphatic heterocycles. The second kappa shape index (κ2) is 9.42. The van der Waals surface area contributed by atoms with Gasteiger partial charge in [0.1, 0.15) is 0 Å². The number of ether oxygens (including phenoxy) is 1. The summed E-state index contributed by atoms with van der Waals surface area (Å²) in [6, 6.07) is 9.64. The highest BCUT2D eigenvalue weighted by atomic mass is 28.3. The number of aromatic nitrogens is 2. The van der Waals surface area contributed by atoms with Gasteiger partial charge in [-0.25, -0.2) is 4.79 Å². The van der Waals surface area contributed by atoms with Crippen molar-refractivity contribution >= 4 is 25.8 Å². The van der Waals surface area contributed by atoms with Crippen LogP contribution in [-0.2, 0) is 21.6 Å². The highest BCUT2D eigenvalue weighted by molar-refractivity contribution is 6.83. The minimum atomic E-state index is -1.70. The molecule has 3 amide bonds. The van der Waals surface area contributed by atoms with Crippen molar-refractivity contribution < 1.29 is 14.3 Å². The van der Waals surface area contributed by atoms with Crippen LogP contribution in [0.15, 0.2) is 30.3 Å². The van der Waals surface area contributed by atoms with Gasteiger partial charge >= 0.3 is 6.03 Å². The summed E-state index contributed by atoms with van der Waals surface area (Å²) in [7, 11) is -0.0372. The SMILES string of the molecule is COCCC(NC(=O)N1Cc2c(NC(=O)C3([Si](C)(C)C)CCC3)n[nH]c2C1(C)C)c1ccccc1. The van der Waals surface area contributed by atoms with E-state index in [-0.39, 0.29) is 23.0 Å². The molecule has 0 saturated heterocycles. The molecule has 1 fully saturated rings. The van der Waals surface area contributed by atoms with Crippen molar-refractivity contribution in [3.63, 3.8) is 0 Å². The van der Waals surface area contributed by atoms with Crippen molar-refractivity contribution in [3.8, 4) is 0 Å². The molecule has 1 aliphatic carbocycles. The number of rotatable bonds is 8. The summed E-state index contributed by atoms with van der Waals surface area (Å²) >= 11 is 0. The molecule has 4 rings (SSSR count). The van der Waals surface area contributed by atoms with Crippen LogP contribution in [-0.4, -0.2) is 48.8 Å². The lowest BCUT2D eigenvalue weighted by Crippen LogP contribution is -2.52. The molecular weight excluding hydrogens is 458 g/mol. The number of nitrogens with one attached hydrogen (secondary N) is 3. The van der Waals surface area contributed by atoms with E-state index >= 15 is 0 Å². The number of urea groups is 1. The zero-order chi connectivity index (χ0) is 25.4. The van der Waals surface area contributed by atoms with E-state index in [1.54, 1.807) is 7.11 Å². The van der Waals surface area contributed by atoms with Gasteiger partial charge in [0.2, 0.25) is 5.91 Å². The number of benzene rings is 1. The number of carbonyl (C=O) groups excluding carboxylic acids is 2. The molecule has 1 aromatic carbocycles. The third-order valence-corrected chi connectivity index (χ3v) is 11.7. The van der Waals surface area contributed by atoms with Gasteiger partial charge in [-0.05, 0) is 38.7 Å². The first-order valence-electron chi connectivity index (χ1n) is 12.5. The Labute approximate surface area is 209 Å². The van der Waals surface area contributed by atoms with Crippen LogP contribution in [0.2, 0.25) is 24.7 Å². The maximum atomic E-state index is 13.5. The molecular formula is C26H39N5O3Si. The summed E-state index contributed by atoms with van der Waals surface area (Å²) in [5, 5.41) is 13.7. The average Bonchev–Trinajstić information content (AvgIpc) is 3.27. The second-order valence-electron chi connectivity index (χ2n) is 11.4. The van der Waals surface area contributed by atoms with Crippen LogP contribution in [0.25, 0.3) is 0 Å². The number of fused-ring (bicyclic) bond motifs is 1. The Morgan fingerprint density at radius 1 is 1.20 bits per heavy atom. The Bertz CT molecular complexity index is 1070. The van der Waals surface area contributed by atoms with Crippen molar-refractivity contribution in [2.45, 2.75) is 82.3 Å². The number of hydrogen-bond donors (Lipinski definition) is 3. The zero-order valence-electron chi connectivity index (χ0n) is 21.8. The monoisotopic (exact) mass is 497 g/mol. The summed E-state index contributed by atoms with van der Waals surface area (Å²) in [5.74, 6) is 0.638. The number of methoxy groups -OCH3 is 1. The number of anilines is 1. The molecule has 1 unspecified atom stereocenters. The maximum Gasteiger partial charge on any atom is 0.318 e. The Morgan fingerprint density at radius 2 is 1.89 bits per heavy atom. The van der Waals surface area contributed by atoms with Crippen molar-refractivity contribution in [1.82, 2.24) is 20.4 Å². The third-order valence-electron chi connectivity index (χ3n) is 8.13. The molecule has 2 aliphatic rings. The number of H-pyrrole nitrogens is 1. The smallest absolute Gasteiger partial charge is 0.318 e. The molecule has 190 valence electrons.